The average Bonchev–Trinajstić information content (AvgIpc) is 2.69. The Hall–Kier alpha value is -2.38. The molecule has 4 bridgehead atoms. The van der Waals surface area contributed by atoms with Gasteiger partial charge in [0.15, 0.2) is 11.6 Å². The normalized spacial score (nSPS) is 20.7. The van der Waals surface area contributed by atoms with Crippen LogP contribution in [0.15, 0.2) is 12.1 Å². The molecule has 8 nitrogen and oxygen atoms in total. The highest BCUT2D eigenvalue weighted by Crippen LogP contribution is 2.15. The van der Waals surface area contributed by atoms with E-state index in [0.717, 1.165) is 57.6 Å². The van der Waals surface area contributed by atoms with Crippen LogP contribution < -0.4 is 15.5 Å². The lowest BCUT2D eigenvalue weighted by Gasteiger charge is -2.35. The number of nitrogens with zero attached hydrogens (tertiary/aromatic N) is 4. The Morgan fingerprint density at radius 2 is 1.44 bits per heavy atom. The molecule has 0 saturated carbocycles. The van der Waals surface area contributed by atoms with Gasteiger partial charge in [0.05, 0.1) is 0 Å². The number of piperazine rings is 1. The highest BCUT2D eigenvalue weighted by molar-refractivity contribution is 5.89. The predicted molar refractivity (Wildman–Crippen MR) is 105 cm³/mol. The van der Waals surface area contributed by atoms with Crippen molar-refractivity contribution in [2.24, 2.45) is 0 Å². The van der Waals surface area contributed by atoms with Gasteiger partial charge < -0.3 is 20.4 Å². The largest absolute Gasteiger partial charge is 0.352 e. The summed E-state index contributed by atoms with van der Waals surface area (Å²) in [5.74, 6) is 1.27. The zero-order valence-corrected chi connectivity index (χ0v) is 16.0. The van der Waals surface area contributed by atoms with Crippen LogP contribution in [0.25, 0.3) is 0 Å². The van der Waals surface area contributed by atoms with Crippen LogP contribution in [-0.2, 0) is 4.79 Å². The molecule has 3 amide bonds. The van der Waals surface area contributed by atoms with Gasteiger partial charge in [-0.25, -0.2) is 4.79 Å². The second-order valence-electron chi connectivity index (χ2n) is 7.26. The molecule has 4 aliphatic rings. The lowest BCUT2D eigenvalue weighted by atomic mass is 10.1. The number of fused-ring (bicyclic) bond motifs is 2. The summed E-state index contributed by atoms with van der Waals surface area (Å²) in [5.41, 5.74) is 0. The van der Waals surface area contributed by atoms with Crippen LogP contribution in [0.1, 0.15) is 51.4 Å². The first-order valence-electron chi connectivity index (χ1n) is 10.1. The molecule has 1 fully saturated rings. The molecule has 8 heteroatoms. The fourth-order valence-electron chi connectivity index (χ4n) is 3.51. The number of aromatic nitrogens is 2. The third-order valence-corrected chi connectivity index (χ3v) is 5.17. The van der Waals surface area contributed by atoms with Crippen molar-refractivity contribution in [3.63, 3.8) is 0 Å². The zero-order valence-electron chi connectivity index (χ0n) is 16.0. The molecule has 4 aliphatic heterocycles. The molecular formula is C19H30N6O2. The van der Waals surface area contributed by atoms with Gasteiger partial charge in [-0.05, 0) is 25.0 Å². The fourth-order valence-corrected chi connectivity index (χ4v) is 3.51. The highest BCUT2D eigenvalue weighted by Gasteiger charge is 2.22. The van der Waals surface area contributed by atoms with E-state index < -0.39 is 0 Å². The van der Waals surface area contributed by atoms with Crippen molar-refractivity contribution in [3.8, 4) is 0 Å². The van der Waals surface area contributed by atoms with Crippen molar-refractivity contribution in [1.29, 1.82) is 0 Å². The van der Waals surface area contributed by atoms with Crippen molar-refractivity contribution >= 4 is 23.6 Å². The third kappa shape index (κ3) is 6.08. The molecule has 1 aromatic heterocycles. The lowest BCUT2D eigenvalue weighted by Crippen LogP contribution is -2.52. The van der Waals surface area contributed by atoms with Gasteiger partial charge in [-0.1, -0.05) is 32.1 Å². The number of anilines is 2. The van der Waals surface area contributed by atoms with Crippen molar-refractivity contribution in [3.05, 3.63) is 12.1 Å². The first-order chi connectivity index (χ1) is 13.2. The van der Waals surface area contributed by atoms with Crippen LogP contribution in [0.4, 0.5) is 16.4 Å². The number of carbonyl (C=O) groups excluding carboxylic acids is 2. The van der Waals surface area contributed by atoms with Gasteiger partial charge in [-0.3, -0.25) is 4.79 Å². The van der Waals surface area contributed by atoms with E-state index in [4.69, 9.17) is 0 Å². The standard InChI is InChI=1S/C19H30N6O2/c26-18-8-6-4-2-1-3-5-7-11-20-19(27)25-14-12-24(13-15-25)17-10-9-16(21-18)22-23-17/h9-10H,1-8,11-15H2,(H,20,27)(H,21,22,26). The maximum absolute atomic E-state index is 12.3. The fraction of sp³-hybridized carbons (Fsp3) is 0.684. The molecule has 5 heterocycles. The minimum Gasteiger partial charge on any atom is -0.352 e. The minimum atomic E-state index is 0.00106. The molecule has 0 atom stereocenters. The Morgan fingerprint density at radius 1 is 0.778 bits per heavy atom. The molecule has 148 valence electrons. The molecule has 1 saturated heterocycles. The Morgan fingerprint density at radius 3 is 2.15 bits per heavy atom. The quantitative estimate of drug-likeness (QED) is 0.728. The van der Waals surface area contributed by atoms with E-state index in [1.54, 1.807) is 6.07 Å². The predicted octanol–water partition coefficient (Wildman–Crippen LogP) is 2.38. The summed E-state index contributed by atoms with van der Waals surface area (Å²) < 4.78 is 0. The summed E-state index contributed by atoms with van der Waals surface area (Å²) in [6, 6.07) is 3.70. The molecule has 0 radical (unpaired) electrons. The molecule has 5 rings (SSSR count). The van der Waals surface area contributed by atoms with E-state index in [1.165, 1.54) is 12.8 Å². The van der Waals surface area contributed by atoms with Gasteiger partial charge in [0.2, 0.25) is 5.91 Å². The van der Waals surface area contributed by atoms with Crippen LogP contribution in [0.3, 0.4) is 0 Å². The van der Waals surface area contributed by atoms with E-state index in [0.29, 0.717) is 25.3 Å². The maximum atomic E-state index is 12.3. The van der Waals surface area contributed by atoms with E-state index in [-0.39, 0.29) is 11.9 Å². The number of hydrogen-bond donors (Lipinski definition) is 2. The number of carbonyl (C=O) groups is 2. The van der Waals surface area contributed by atoms with E-state index in [2.05, 4.69) is 25.7 Å². The number of hydrogen-bond acceptors (Lipinski definition) is 5. The summed E-state index contributed by atoms with van der Waals surface area (Å²) in [5, 5.41) is 14.2. The van der Waals surface area contributed by atoms with Gasteiger partial charge in [-0.15, -0.1) is 10.2 Å². The lowest BCUT2D eigenvalue weighted by molar-refractivity contribution is -0.116. The first-order valence-corrected chi connectivity index (χ1v) is 10.1. The third-order valence-electron chi connectivity index (χ3n) is 5.17. The minimum absolute atomic E-state index is 0.00106. The van der Waals surface area contributed by atoms with Gasteiger partial charge >= 0.3 is 6.03 Å². The zero-order chi connectivity index (χ0) is 18.9. The molecule has 0 spiro atoms. The number of rotatable bonds is 0. The topological polar surface area (TPSA) is 90.5 Å². The van der Waals surface area contributed by atoms with Gasteiger partial charge in [0.1, 0.15) is 0 Å². The van der Waals surface area contributed by atoms with E-state index >= 15 is 0 Å². The summed E-state index contributed by atoms with van der Waals surface area (Å²) in [4.78, 5) is 28.3. The van der Waals surface area contributed by atoms with Crippen molar-refractivity contribution in [2.45, 2.75) is 51.4 Å². The summed E-state index contributed by atoms with van der Waals surface area (Å²) in [7, 11) is 0. The smallest absolute Gasteiger partial charge is 0.317 e. The van der Waals surface area contributed by atoms with Crippen LogP contribution in [-0.4, -0.2) is 59.8 Å². The Balaban J connectivity index is 1.59. The maximum Gasteiger partial charge on any atom is 0.317 e. The Labute approximate surface area is 160 Å². The highest BCUT2D eigenvalue weighted by atomic mass is 16.2. The number of amides is 3. The molecule has 1 aromatic rings. The van der Waals surface area contributed by atoms with Crippen molar-refractivity contribution < 1.29 is 9.59 Å². The van der Waals surface area contributed by atoms with E-state index in [9.17, 15) is 9.59 Å². The summed E-state index contributed by atoms with van der Waals surface area (Å²) >= 11 is 0. The first kappa shape index (κ1) is 19.4. The second kappa shape index (κ2) is 10.1. The van der Waals surface area contributed by atoms with Gasteiger partial charge in [-0.2, -0.15) is 0 Å². The van der Waals surface area contributed by atoms with Crippen molar-refractivity contribution in [1.82, 2.24) is 20.4 Å². The molecule has 0 aromatic carbocycles. The van der Waals surface area contributed by atoms with Crippen LogP contribution in [0, 0.1) is 0 Å². The Kier molecular flexibility index (Phi) is 7.24. The Bertz CT molecular complexity index is 613. The number of nitrogens with one attached hydrogen (secondary N) is 2. The SMILES string of the molecule is O=C1CCCCCCCCCNC(=O)N2CCN(CC2)c2ccc(nn2)N1. The van der Waals surface area contributed by atoms with Crippen LogP contribution >= 0.6 is 0 Å². The van der Waals surface area contributed by atoms with Crippen LogP contribution in [0.5, 0.6) is 0 Å². The summed E-state index contributed by atoms with van der Waals surface area (Å²) in [6.07, 6.45) is 8.17. The molecule has 27 heavy (non-hydrogen) atoms. The molecular weight excluding hydrogens is 344 g/mol. The van der Waals surface area contributed by atoms with E-state index in [1.807, 2.05) is 11.0 Å². The molecule has 2 N–H and O–H groups in total. The second-order valence-corrected chi connectivity index (χ2v) is 7.26. The van der Waals surface area contributed by atoms with Crippen LogP contribution in [0.2, 0.25) is 0 Å². The van der Waals surface area contributed by atoms with Gasteiger partial charge in [0.25, 0.3) is 0 Å². The van der Waals surface area contributed by atoms with Gasteiger partial charge in [0, 0.05) is 39.1 Å². The number of urea groups is 1. The molecule has 0 unspecified atom stereocenters. The average molecular weight is 374 g/mol. The van der Waals surface area contributed by atoms with Crippen molar-refractivity contribution in [2.75, 3.05) is 42.9 Å². The monoisotopic (exact) mass is 374 g/mol. The molecule has 0 aliphatic carbocycles. The summed E-state index contributed by atoms with van der Waals surface area (Å²) in [6.45, 7) is 3.55.